The zero-order valence-corrected chi connectivity index (χ0v) is 77.4. The van der Waals surface area contributed by atoms with Crippen LogP contribution in [-0.2, 0) is 19.4 Å². The van der Waals surface area contributed by atoms with Gasteiger partial charge in [-0.1, -0.05) is 105 Å². The number of aromatic hydroxyl groups is 13. The summed E-state index contributed by atoms with van der Waals surface area (Å²) >= 11 is 11.5. The Balaban J connectivity index is 0.000000728. The van der Waals surface area contributed by atoms with Gasteiger partial charge in [-0.15, -0.1) is 0 Å². The van der Waals surface area contributed by atoms with Gasteiger partial charge in [0.15, 0.2) is 92.0 Å². The molecular formula is C94H137Cl2N11O24. The summed E-state index contributed by atoms with van der Waals surface area (Å²) in [5.74, 6) is 0.795. The lowest BCUT2D eigenvalue weighted by atomic mass is 10.0. The smallest absolute Gasteiger partial charge is 0.160 e. The van der Waals surface area contributed by atoms with Gasteiger partial charge in [0, 0.05) is 68.6 Å². The van der Waals surface area contributed by atoms with Crippen molar-refractivity contribution in [2.75, 3.05) is 107 Å². The molecule has 10 rings (SSSR count). The summed E-state index contributed by atoms with van der Waals surface area (Å²) in [5, 5.41) is 196. The summed E-state index contributed by atoms with van der Waals surface area (Å²) in [6, 6.07) is 46.5. The Labute approximate surface area is 775 Å². The average molecular weight is 1880 g/mol. The fraction of sp³-hybridized carbons (Fsp3) is 0.362. The van der Waals surface area contributed by atoms with Crippen molar-refractivity contribution in [1.29, 1.82) is 0 Å². The lowest BCUT2D eigenvalue weighted by Gasteiger charge is -2.18. The molecule has 0 fully saturated rings. The van der Waals surface area contributed by atoms with E-state index >= 15 is 0 Å². The maximum absolute atomic E-state index is 9.73. The SMILES string of the molecule is CC(C)NCC(O)c1ccc(O)c(O)c1.CC(N)C(O)c1ccc(Cl)c(Cl)c1.CC(N)C(O)c1ccc(O)c(O)c1.CCN(CC)Cc1cc(N)ccc1O.CNCC(O)c1ccc(O)c(O)c1.CNCC(O)c1ccc(O)c(OC)c1.COc1cc(C(O)CN)ccc1O.COc1cc(CCN)ccc1O.COc1ccc(CCN)cc1O.NCC(O)c1ccc(O)c(O)c1. The van der Waals surface area contributed by atoms with E-state index in [1.165, 1.54) is 101 Å². The Morgan fingerprint density at radius 3 is 1.01 bits per heavy atom. The molecule has 0 spiro atoms. The first-order valence-electron chi connectivity index (χ1n) is 41.3. The molecule has 9 atom stereocenters. The van der Waals surface area contributed by atoms with Crippen LogP contribution in [0.2, 0.25) is 10.0 Å². The van der Waals surface area contributed by atoms with Crippen LogP contribution in [0.25, 0.3) is 0 Å². The summed E-state index contributed by atoms with van der Waals surface area (Å²) in [6.07, 6.45) is -3.40. The van der Waals surface area contributed by atoms with E-state index in [4.69, 9.17) is 118 Å². The normalized spacial score (nSPS) is 12.5. The van der Waals surface area contributed by atoms with E-state index in [2.05, 4.69) is 34.7 Å². The molecule has 37 N–H and O–H groups in total. The molecule has 37 heteroatoms. The number of rotatable bonds is 30. The monoisotopic (exact) mass is 1870 g/mol. The van der Waals surface area contributed by atoms with Gasteiger partial charge in [0.1, 0.15) is 5.75 Å². The highest BCUT2D eigenvalue weighted by Gasteiger charge is 2.18. The number of phenols is 13. The lowest BCUT2D eigenvalue weighted by molar-refractivity contribution is 0.153. The number of methoxy groups -OCH3 is 4. The van der Waals surface area contributed by atoms with Crippen LogP contribution in [0.1, 0.15) is 140 Å². The number of ether oxygens (including phenoxy) is 4. The molecule has 10 aromatic rings. The number of benzene rings is 10. The Bertz CT molecular complexity index is 4830. The number of nitrogens with two attached hydrogens (primary N) is 7. The third kappa shape index (κ3) is 43.9. The van der Waals surface area contributed by atoms with Gasteiger partial charge >= 0.3 is 0 Å². The highest BCUT2D eigenvalue weighted by molar-refractivity contribution is 6.42. The number of aliphatic hydroxyl groups excluding tert-OH is 7. The first-order valence-corrected chi connectivity index (χ1v) is 42.1. The molecule has 0 aliphatic rings. The third-order valence-electron chi connectivity index (χ3n) is 18.7. The molecule has 0 amide bonds. The largest absolute Gasteiger partial charge is 0.508 e. The van der Waals surface area contributed by atoms with Crippen molar-refractivity contribution in [3.05, 3.63) is 248 Å². The summed E-state index contributed by atoms with van der Waals surface area (Å²) in [6.45, 7) is 17.0. The van der Waals surface area contributed by atoms with Gasteiger partial charge in [0.2, 0.25) is 0 Å². The predicted molar refractivity (Wildman–Crippen MR) is 510 cm³/mol. The van der Waals surface area contributed by atoms with Gasteiger partial charge < -0.3 is 177 Å². The number of phenolic OH excluding ortho intramolecular Hbond substituents is 13. The second-order valence-electron chi connectivity index (χ2n) is 29.3. The molecule has 0 saturated carbocycles. The van der Waals surface area contributed by atoms with E-state index in [0.717, 1.165) is 49.2 Å². The molecule has 0 heterocycles. The molecule has 0 aromatic heterocycles. The summed E-state index contributed by atoms with van der Waals surface area (Å²) < 4.78 is 19.6. The lowest BCUT2D eigenvalue weighted by Crippen LogP contribution is -2.27. The van der Waals surface area contributed by atoms with Crippen LogP contribution >= 0.6 is 23.2 Å². The quantitative estimate of drug-likeness (QED) is 0.0113. The van der Waals surface area contributed by atoms with Crippen LogP contribution in [0.3, 0.4) is 0 Å². The maximum Gasteiger partial charge on any atom is 0.160 e. The first kappa shape index (κ1) is 118. The molecule has 9 unspecified atom stereocenters. The molecule has 0 bridgehead atoms. The fourth-order valence-electron chi connectivity index (χ4n) is 11.0. The minimum Gasteiger partial charge on any atom is -0.508 e. The topological polar surface area (TPSA) is 663 Å². The Morgan fingerprint density at radius 2 is 0.656 bits per heavy atom. The van der Waals surface area contributed by atoms with Gasteiger partial charge in [-0.25, -0.2) is 0 Å². The van der Waals surface area contributed by atoms with Crippen molar-refractivity contribution < 1.29 is 121 Å². The van der Waals surface area contributed by atoms with E-state index in [9.17, 15) is 66.4 Å². The highest BCUT2D eigenvalue weighted by Crippen LogP contribution is 2.36. The second kappa shape index (κ2) is 63.5. The van der Waals surface area contributed by atoms with Crippen LogP contribution in [-0.4, -0.2) is 227 Å². The first-order chi connectivity index (χ1) is 61.9. The molecule has 35 nitrogen and oxygen atoms in total. The van der Waals surface area contributed by atoms with E-state index in [-0.39, 0.29) is 88.1 Å². The van der Waals surface area contributed by atoms with E-state index < -0.39 is 48.8 Å². The van der Waals surface area contributed by atoms with Crippen LogP contribution in [0.4, 0.5) is 5.69 Å². The Kier molecular flexibility index (Phi) is 57.0. The number of halogens is 2. The number of hydrogen-bond acceptors (Lipinski definition) is 35. The number of nitrogens with one attached hydrogen (secondary N) is 3. The zero-order chi connectivity index (χ0) is 99.3. The molecule has 0 saturated heterocycles. The van der Waals surface area contributed by atoms with Crippen molar-refractivity contribution in [2.45, 2.75) is 122 Å². The Hall–Kier alpha value is -11.5. The molecule has 726 valence electrons. The van der Waals surface area contributed by atoms with Crippen molar-refractivity contribution in [3.8, 4) is 97.7 Å². The standard InChI is InChI=1S/C11H18N2O.C11H17NO3.C10H15NO3.C9H11Cl2NO.3C9H13NO3.2C9H13NO2.C8H11NO3/c1-3-13(4-2)8-9-7-10(12)5-6-11(9)14;1-7(2)12-6-11(15)8-3-4-9(13)10(14)5-8;1-11-6-9(13)7-3-4-8(12)10(5-7)14-2;1-5(12)9(13)6-2-3-7(10)8(11)4-6;1-13-9-4-6(8(12)5-10)2-3-7(9)11;1-10-5-9(13)6-2-3-7(11)8(12)4-6;1-5(10)9(13)6-2-3-7(11)8(12)4-6;1-12-9-3-2-7(4-5-10)6-8(9)11;1-12-9-6-7(4-5-10)2-3-8(9)11;9-4-8(12)5-1-2-6(10)7(11)3-5/h5-7,14H,3-4,8,12H2,1-2H3;3-5,7,11-15H,6H2,1-2H3;3-5,9,11-13H,6H2,1-2H3;2-5,9,13H,12H2,1H3;2-4,8,11-12H,5,10H2,1H3;2-4,9-13H,5H2,1H3;2-5,9,11-13H,10H2,1H3;2*2-3,6,11H,4-5,10H2,1H3;1-3,8,10-12H,4,9H2. The molecule has 0 aliphatic heterocycles. The van der Waals surface area contributed by atoms with Gasteiger partial charge in [-0.05, 0) is 244 Å². The number of aliphatic hydroxyl groups is 7. The van der Waals surface area contributed by atoms with E-state index in [0.29, 0.717) is 122 Å². The summed E-state index contributed by atoms with van der Waals surface area (Å²) in [5.41, 5.74) is 45.8. The minimum absolute atomic E-state index is 0.0514. The minimum atomic E-state index is -0.827. The number of nitrogen functional groups attached to an aromatic ring is 1. The molecular weight excluding hydrogens is 1740 g/mol. The third-order valence-corrected chi connectivity index (χ3v) is 19.4. The zero-order valence-electron chi connectivity index (χ0n) is 75.9. The maximum atomic E-state index is 9.73. The number of anilines is 1. The molecule has 10 aromatic carbocycles. The predicted octanol–water partition coefficient (Wildman–Crippen LogP) is 9.09. The number of likely N-dealkylation sites (N-methyl/N-ethyl adjacent to an activating group) is 2. The molecule has 0 aliphatic carbocycles. The van der Waals surface area contributed by atoms with Crippen molar-refractivity contribution >= 4 is 28.9 Å². The van der Waals surface area contributed by atoms with Crippen LogP contribution in [0, 0.1) is 0 Å². The fourth-order valence-corrected chi connectivity index (χ4v) is 11.3. The second-order valence-corrected chi connectivity index (χ2v) is 30.1. The summed E-state index contributed by atoms with van der Waals surface area (Å²) in [7, 11) is 9.47. The average Bonchev–Trinajstić information content (AvgIpc) is 0.853. The van der Waals surface area contributed by atoms with Gasteiger partial charge in [-0.3, -0.25) is 4.90 Å². The van der Waals surface area contributed by atoms with Crippen molar-refractivity contribution in [3.63, 3.8) is 0 Å². The number of hydrogen-bond donors (Lipinski definition) is 30. The Morgan fingerprint density at radius 1 is 0.336 bits per heavy atom. The number of nitrogens with zero attached hydrogens (tertiary/aromatic N) is 1. The van der Waals surface area contributed by atoms with Crippen LogP contribution in [0.15, 0.2) is 182 Å². The summed E-state index contributed by atoms with van der Waals surface area (Å²) in [4.78, 5) is 2.23. The van der Waals surface area contributed by atoms with Gasteiger partial charge in [-0.2, -0.15) is 0 Å². The van der Waals surface area contributed by atoms with Crippen molar-refractivity contribution in [1.82, 2.24) is 20.9 Å². The van der Waals surface area contributed by atoms with Crippen LogP contribution < -0.4 is 75.0 Å². The van der Waals surface area contributed by atoms with Gasteiger partial charge in [0.25, 0.3) is 0 Å². The van der Waals surface area contributed by atoms with E-state index in [1.54, 1.807) is 119 Å². The molecule has 0 radical (unpaired) electrons. The van der Waals surface area contributed by atoms with Crippen LogP contribution in [0.5, 0.6) is 97.7 Å². The van der Waals surface area contributed by atoms with E-state index in [1.807, 2.05) is 32.0 Å². The van der Waals surface area contributed by atoms with Crippen molar-refractivity contribution in [2.24, 2.45) is 34.4 Å². The highest BCUT2D eigenvalue weighted by atomic mass is 35.5. The molecule has 131 heavy (non-hydrogen) atoms. The van der Waals surface area contributed by atoms with Gasteiger partial charge in [0.05, 0.1) is 81.2 Å².